The van der Waals surface area contributed by atoms with Crippen LogP contribution < -0.4 is 0 Å². The molecule has 0 spiro atoms. The van der Waals surface area contributed by atoms with Gasteiger partial charge in [-0.1, -0.05) is 26.7 Å². The van der Waals surface area contributed by atoms with E-state index in [1.54, 1.807) is 0 Å². The van der Waals surface area contributed by atoms with Crippen LogP contribution in [0, 0.1) is 17.3 Å². The first-order valence-corrected chi connectivity index (χ1v) is 8.86. The van der Waals surface area contributed by atoms with Gasteiger partial charge in [-0.3, -0.25) is 0 Å². The third-order valence-electron chi connectivity index (χ3n) is 5.70. The molecule has 1 aliphatic heterocycles. The van der Waals surface area contributed by atoms with Gasteiger partial charge in [0.1, 0.15) is 6.29 Å². The van der Waals surface area contributed by atoms with Gasteiger partial charge in [0.25, 0.3) is 0 Å². The minimum absolute atomic E-state index is 0.0168. The Balaban J connectivity index is 1.86. The van der Waals surface area contributed by atoms with Crippen LogP contribution in [0.25, 0.3) is 0 Å². The van der Waals surface area contributed by atoms with E-state index in [0.717, 1.165) is 31.2 Å². The first kappa shape index (κ1) is 16.0. The highest BCUT2D eigenvalue weighted by atomic mass is 16.1. The number of nitrogens with zero attached hydrogens (tertiary/aromatic N) is 1. The number of rotatable bonds is 5. The van der Waals surface area contributed by atoms with Crippen molar-refractivity contribution in [3.8, 4) is 0 Å². The molecule has 116 valence electrons. The zero-order valence-electron chi connectivity index (χ0n) is 13.6. The molecule has 0 bridgehead atoms. The predicted octanol–water partition coefficient (Wildman–Crippen LogP) is 4.28. The Bertz CT molecular complexity index is 294. The largest absolute Gasteiger partial charge is 0.303 e. The van der Waals surface area contributed by atoms with Crippen molar-refractivity contribution < 1.29 is 4.79 Å². The molecule has 1 saturated heterocycles. The Kier molecular flexibility index (Phi) is 6.07. The molecule has 1 saturated carbocycles. The molecule has 0 aromatic heterocycles. The molecule has 0 aromatic carbocycles. The van der Waals surface area contributed by atoms with Gasteiger partial charge in [0.15, 0.2) is 0 Å². The van der Waals surface area contributed by atoms with Crippen LogP contribution in [0.15, 0.2) is 0 Å². The van der Waals surface area contributed by atoms with Gasteiger partial charge >= 0.3 is 0 Å². The van der Waals surface area contributed by atoms with Crippen molar-refractivity contribution >= 4 is 6.29 Å². The molecule has 2 fully saturated rings. The van der Waals surface area contributed by atoms with Gasteiger partial charge in [-0.05, 0) is 69.9 Å². The molecule has 20 heavy (non-hydrogen) atoms. The predicted molar refractivity (Wildman–Crippen MR) is 84.8 cm³/mol. The highest BCUT2D eigenvalue weighted by Crippen LogP contribution is 2.38. The summed E-state index contributed by atoms with van der Waals surface area (Å²) in [6.45, 7) is 8.09. The smallest absolute Gasteiger partial charge is 0.127 e. The van der Waals surface area contributed by atoms with E-state index in [1.807, 2.05) is 0 Å². The van der Waals surface area contributed by atoms with Crippen LogP contribution in [0.5, 0.6) is 0 Å². The lowest BCUT2D eigenvalue weighted by Crippen LogP contribution is -2.41. The van der Waals surface area contributed by atoms with E-state index in [0.29, 0.717) is 0 Å². The Labute approximate surface area is 125 Å². The molecular weight excluding hydrogens is 246 g/mol. The molecule has 2 rings (SSSR count). The fourth-order valence-electron chi connectivity index (χ4n) is 4.18. The lowest BCUT2D eigenvalue weighted by atomic mass is 9.71. The Hall–Kier alpha value is -0.370. The van der Waals surface area contributed by atoms with Gasteiger partial charge < -0.3 is 9.69 Å². The van der Waals surface area contributed by atoms with Crippen LogP contribution in [0.1, 0.15) is 71.6 Å². The van der Waals surface area contributed by atoms with Crippen LogP contribution in [-0.2, 0) is 4.79 Å². The average Bonchev–Trinajstić information content (AvgIpc) is 2.68. The van der Waals surface area contributed by atoms with Gasteiger partial charge in [-0.2, -0.15) is 0 Å². The molecule has 0 N–H and O–H groups in total. The number of aldehydes is 1. The molecule has 0 radical (unpaired) electrons. The molecule has 1 aliphatic carbocycles. The molecule has 0 aromatic rings. The van der Waals surface area contributed by atoms with Crippen LogP contribution in [0.2, 0.25) is 0 Å². The summed E-state index contributed by atoms with van der Waals surface area (Å²) < 4.78 is 0. The van der Waals surface area contributed by atoms with Crippen molar-refractivity contribution in [1.29, 1.82) is 0 Å². The fourth-order valence-corrected chi connectivity index (χ4v) is 4.18. The molecule has 0 amide bonds. The minimum atomic E-state index is -0.0168. The van der Waals surface area contributed by atoms with E-state index in [9.17, 15) is 4.79 Å². The number of likely N-dealkylation sites (tertiary alicyclic amines) is 1. The lowest BCUT2D eigenvalue weighted by molar-refractivity contribution is -0.119. The standard InChI is InChI=1S/C18H33NO/c1-3-5-17-6-4-12-19(13-9-17)14-18(15-20)10-7-16(2)8-11-18/h15-17H,3-14H2,1-2H3. The maximum Gasteiger partial charge on any atom is 0.127 e. The summed E-state index contributed by atoms with van der Waals surface area (Å²) in [4.78, 5) is 14.3. The van der Waals surface area contributed by atoms with Gasteiger partial charge in [0.2, 0.25) is 0 Å². The number of hydrogen-bond donors (Lipinski definition) is 0. The minimum Gasteiger partial charge on any atom is -0.303 e. The van der Waals surface area contributed by atoms with Crippen LogP contribution >= 0.6 is 0 Å². The van der Waals surface area contributed by atoms with Gasteiger partial charge in [0.05, 0.1) is 0 Å². The zero-order valence-corrected chi connectivity index (χ0v) is 13.6. The van der Waals surface area contributed by atoms with Gasteiger partial charge in [-0.25, -0.2) is 0 Å². The number of carbonyl (C=O) groups excluding carboxylic acids is 1. The fraction of sp³-hybridized carbons (Fsp3) is 0.944. The van der Waals surface area contributed by atoms with Crippen LogP contribution in [-0.4, -0.2) is 30.8 Å². The van der Waals surface area contributed by atoms with Crippen molar-refractivity contribution in [2.75, 3.05) is 19.6 Å². The molecule has 2 aliphatic rings. The summed E-state index contributed by atoms with van der Waals surface area (Å²) >= 11 is 0. The van der Waals surface area contributed by atoms with Crippen LogP contribution in [0.3, 0.4) is 0 Å². The second kappa shape index (κ2) is 7.59. The topological polar surface area (TPSA) is 20.3 Å². The Morgan fingerprint density at radius 1 is 1.15 bits per heavy atom. The first-order valence-electron chi connectivity index (χ1n) is 8.86. The summed E-state index contributed by atoms with van der Waals surface area (Å²) in [6.07, 6.45) is 12.8. The lowest BCUT2D eigenvalue weighted by Gasteiger charge is -2.38. The van der Waals surface area contributed by atoms with E-state index in [-0.39, 0.29) is 5.41 Å². The maximum atomic E-state index is 11.7. The molecule has 1 unspecified atom stereocenters. The van der Waals surface area contributed by atoms with Crippen molar-refractivity contribution in [3.63, 3.8) is 0 Å². The average molecular weight is 279 g/mol. The normalized spacial score (nSPS) is 36.5. The van der Waals surface area contributed by atoms with E-state index >= 15 is 0 Å². The summed E-state index contributed by atoms with van der Waals surface area (Å²) in [6, 6.07) is 0. The van der Waals surface area contributed by atoms with E-state index in [1.165, 1.54) is 64.3 Å². The third-order valence-corrected chi connectivity index (χ3v) is 5.70. The molecule has 2 heteroatoms. The van der Waals surface area contributed by atoms with Gasteiger partial charge in [-0.15, -0.1) is 0 Å². The second-order valence-corrected chi connectivity index (χ2v) is 7.52. The third kappa shape index (κ3) is 4.31. The van der Waals surface area contributed by atoms with Crippen molar-refractivity contribution in [2.45, 2.75) is 71.6 Å². The van der Waals surface area contributed by atoms with E-state index in [4.69, 9.17) is 0 Å². The van der Waals surface area contributed by atoms with Crippen molar-refractivity contribution in [1.82, 2.24) is 4.90 Å². The second-order valence-electron chi connectivity index (χ2n) is 7.52. The zero-order chi connectivity index (χ0) is 14.4. The van der Waals surface area contributed by atoms with Gasteiger partial charge in [0, 0.05) is 12.0 Å². The number of carbonyl (C=O) groups is 1. The molecular formula is C18H33NO. The summed E-state index contributed by atoms with van der Waals surface area (Å²) in [5, 5.41) is 0. The molecule has 1 heterocycles. The maximum absolute atomic E-state index is 11.7. The Morgan fingerprint density at radius 2 is 1.90 bits per heavy atom. The van der Waals surface area contributed by atoms with Crippen molar-refractivity contribution in [2.24, 2.45) is 17.3 Å². The highest BCUT2D eigenvalue weighted by molar-refractivity contribution is 5.60. The van der Waals surface area contributed by atoms with Crippen LogP contribution in [0.4, 0.5) is 0 Å². The Morgan fingerprint density at radius 3 is 2.55 bits per heavy atom. The highest BCUT2D eigenvalue weighted by Gasteiger charge is 2.35. The number of hydrogen-bond acceptors (Lipinski definition) is 2. The SMILES string of the molecule is CCCC1CCCN(CC2(C=O)CCC(C)CC2)CC1. The first-order chi connectivity index (χ1) is 9.67. The monoisotopic (exact) mass is 279 g/mol. The summed E-state index contributed by atoms with van der Waals surface area (Å²) in [5.74, 6) is 1.75. The van der Waals surface area contributed by atoms with E-state index < -0.39 is 0 Å². The summed E-state index contributed by atoms with van der Waals surface area (Å²) in [5.41, 5.74) is -0.0168. The molecule has 2 nitrogen and oxygen atoms in total. The van der Waals surface area contributed by atoms with E-state index in [2.05, 4.69) is 18.7 Å². The molecule has 1 atom stereocenters. The quantitative estimate of drug-likeness (QED) is 0.700. The summed E-state index contributed by atoms with van der Waals surface area (Å²) in [7, 11) is 0. The van der Waals surface area contributed by atoms with Crippen molar-refractivity contribution in [3.05, 3.63) is 0 Å².